The Morgan fingerprint density at radius 3 is 2.53 bits per heavy atom. The van der Waals surface area contributed by atoms with Gasteiger partial charge >= 0.3 is 5.97 Å². The fourth-order valence-electron chi connectivity index (χ4n) is 1.22. The molecule has 0 aliphatic rings. The molecule has 0 radical (unpaired) electrons. The van der Waals surface area contributed by atoms with Gasteiger partial charge in [0, 0.05) is 6.61 Å². The average molecular weight is 239 g/mol. The minimum absolute atomic E-state index is 0.103. The molecule has 0 saturated heterocycles. The second kappa shape index (κ2) is 9.86. The van der Waals surface area contributed by atoms with E-state index in [2.05, 4.69) is 6.92 Å². The summed E-state index contributed by atoms with van der Waals surface area (Å²) in [5.41, 5.74) is 0.827. The molecule has 0 aromatic heterocycles. The maximum absolute atomic E-state index is 11.4. The molecule has 0 heterocycles. The minimum Gasteiger partial charge on any atom is -0.462 e. The first-order chi connectivity index (χ1) is 8.17. The van der Waals surface area contributed by atoms with Gasteiger partial charge in [0.1, 0.15) is 11.6 Å². The number of carbonyl (C=O) groups is 1. The maximum Gasteiger partial charge on any atom is 0.348 e. The molecule has 0 fully saturated rings. The molecule has 4 heteroatoms. The number of hydrogen-bond donors (Lipinski definition) is 0. The Balaban J connectivity index is 4.16. The SMILES string of the molecule is CCCCOCCC(C)=C(C#N)C(=O)OCC. The lowest BCUT2D eigenvalue weighted by Crippen LogP contribution is -2.09. The van der Waals surface area contributed by atoms with Gasteiger partial charge in [0.25, 0.3) is 0 Å². The quantitative estimate of drug-likeness (QED) is 0.283. The van der Waals surface area contributed by atoms with Gasteiger partial charge < -0.3 is 9.47 Å². The zero-order chi connectivity index (χ0) is 13.1. The van der Waals surface area contributed by atoms with Crippen LogP contribution in [0.25, 0.3) is 0 Å². The summed E-state index contributed by atoms with van der Waals surface area (Å²) in [4.78, 5) is 11.4. The van der Waals surface area contributed by atoms with Gasteiger partial charge in [-0.2, -0.15) is 5.26 Å². The molecule has 0 unspecified atom stereocenters. The van der Waals surface area contributed by atoms with Crippen LogP contribution in [0.1, 0.15) is 40.0 Å². The van der Waals surface area contributed by atoms with Gasteiger partial charge in [-0.25, -0.2) is 4.79 Å². The predicted octanol–water partition coefficient (Wildman–Crippen LogP) is 2.60. The van der Waals surface area contributed by atoms with Crippen molar-refractivity contribution < 1.29 is 14.3 Å². The molecule has 0 rings (SSSR count). The largest absolute Gasteiger partial charge is 0.462 e. The van der Waals surface area contributed by atoms with E-state index in [-0.39, 0.29) is 12.2 Å². The zero-order valence-corrected chi connectivity index (χ0v) is 10.9. The van der Waals surface area contributed by atoms with E-state index in [1.54, 1.807) is 13.8 Å². The summed E-state index contributed by atoms with van der Waals surface area (Å²) in [5.74, 6) is -0.541. The minimum atomic E-state index is -0.541. The Kier molecular flexibility index (Phi) is 9.08. The normalized spacial score (nSPS) is 11.6. The number of nitriles is 1. The van der Waals surface area contributed by atoms with Crippen molar-refractivity contribution in [2.45, 2.75) is 40.0 Å². The van der Waals surface area contributed by atoms with Crippen LogP contribution in [0.5, 0.6) is 0 Å². The number of nitrogens with zero attached hydrogens (tertiary/aromatic N) is 1. The van der Waals surface area contributed by atoms with E-state index in [1.807, 2.05) is 6.07 Å². The Bertz CT molecular complexity index is 302. The monoisotopic (exact) mass is 239 g/mol. The summed E-state index contributed by atoms with van der Waals surface area (Å²) in [6, 6.07) is 1.89. The molecule has 4 nitrogen and oxygen atoms in total. The van der Waals surface area contributed by atoms with Crippen LogP contribution in [0, 0.1) is 11.3 Å². The topological polar surface area (TPSA) is 59.3 Å². The fraction of sp³-hybridized carbons (Fsp3) is 0.692. The Hall–Kier alpha value is -1.34. The average Bonchev–Trinajstić information content (AvgIpc) is 2.30. The second-order valence-corrected chi connectivity index (χ2v) is 3.70. The lowest BCUT2D eigenvalue weighted by molar-refractivity contribution is -0.138. The summed E-state index contributed by atoms with van der Waals surface area (Å²) in [6.07, 6.45) is 2.72. The molecule has 0 aromatic rings. The van der Waals surface area contributed by atoms with Gasteiger partial charge in [0.05, 0.1) is 13.2 Å². The third kappa shape index (κ3) is 6.75. The Morgan fingerprint density at radius 2 is 2.00 bits per heavy atom. The van der Waals surface area contributed by atoms with Gasteiger partial charge in [-0.3, -0.25) is 0 Å². The van der Waals surface area contributed by atoms with Crippen LogP contribution in [0.4, 0.5) is 0 Å². The molecule has 0 aliphatic carbocycles. The molecule has 0 N–H and O–H groups in total. The molecule has 17 heavy (non-hydrogen) atoms. The molecule has 0 bridgehead atoms. The standard InChI is InChI=1S/C13H21NO3/c1-4-6-8-16-9-7-11(3)12(10-14)13(15)17-5-2/h4-9H2,1-3H3. The molecule has 0 saturated carbocycles. The van der Waals surface area contributed by atoms with Crippen molar-refractivity contribution >= 4 is 5.97 Å². The van der Waals surface area contributed by atoms with Crippen molar-refractivity contribution in [1.29, 1.82) is 5.26 Å². The Morgan fingerprint density at radius 1 is 1.29 bits per heavy atom. The summed E-state index contributed by atoms with van der Waals surface area (Å²) < 4.78 is 10.2. The Labute approximate surface area is 103 Å². The van der Waals surface area contributed by atoms with Crippen molar-refractivity contribution in [2.75, 3.05) is 19.8 Å². The van der Waals surface area contributed by atoms with Crippen molar-refractivity contribution in [3.05, 3.63) is 11.1 Å². The van der Waals surface area contributed by atoms with E-state index < -0.39 is 5.97 Å². The highest BCUT2D eigenvalue weighted by Gasteiger charge is 2.13. The molecule has 0 spiro atoms. The molecular weight excluding hydrogens is 218 g/mol. The van der Waals surface area contributed by atoms with Gasteiger partial charge in [0.2, 0.25) is 0 Å². The van der Waals surface area contributed by atoms with Crippen LogP contribution in [-0.2, 0) is 14.3 Å². The fourth-order valence-corrected chi connectivity index (χ4v) is 1.22. The highest BCUT2D eigenvalue weighted by atomic mass is 16.5. The molecule has 0 amide bonds. The van der Waals surface area contributed by atoms with E-state index in [1.165, 1.54) is 0 Å². The van der Waals surface area contributed by atoms with Crippen LogP contribution in [0.3, 0.4) is 0 Å². The van der Waals surface area contributed by atoms with Crippen LogP contribution in [0.15, 0.2) is 11.1 Å². The first-order valence-corrected chi connectivity index (χ1v) is 6.02. The number of esters is 1. The first-order valence-electron chi connectivity index (χ1n) is 6.02. The van der Waals surface area contributed by atoms with Gasteiger partial charge in [-0.1, -0.05) is 13.3 Å². The maximum atomic E-state index is 11.4. The number of hydrogen-bond acceptors (Lipinski definition) is 4. The smallest absolute Gasteiger partial charge is 0.348 e. The predicted molar refractivity (Wildman–Crippen MR) is 65.3 cm³/mol. The molecular formula is C13H21NO3. The highest BCUT2D eigenvalue weighted by Crippen LogP contribution is 2.10. The molecule has 96 valence electrons. The van der Waals surface area contributed by atoms with E-state index in [0.29, 0.717) is 13.0 Å². The van der Waals surface area contributed by atoms with E-state index in [0.717, 1.165) is 25.0 Å². The summed E-state index contributed by atoms with van der Waals surface area (Å²) in [5, 5.41) is 8.88. The van der Waals surface area contributed by atoms with Gasteiger partial charge in [0.15, 0.2) is 0 Å². The lowest BCUT2D eigenvalue weighted by Gasteiger charge is -2.06. The van der Waals surface area contributed by atoms with E-state index >= 15 is 0 Å². The van der Waals surface area contributed by atoms with Crippen molar-refractivity contribution in [3.8, 4) is 6.07 Å². The van der Waals surface area contributed by atoms with Crippen molar-refractivity contribution in [1.82, 2.24) is 0 Å². The summed E-state index contributed by atoms with van der Waals surface area (Å²) >= 11 is 0. The van der Waals surface area contributed by atoms with Crippen LogP contribution >= 0.6 is 0 Å². The number of ether oxygens (including phenoxy) is 2. The van der Waals surface area contributed by atoms with E-state index in [4.69, 9.17) is 14.7 Å². The van der Waals surface area contributed by atoms with Crippen molar-refractivity contribution in [2.24, 2.45) is 0 Å². The van der Waals surface area contributed by atoms with Crippen molar-refractivity contribution in [3.63, 3.8) is 0 Å². The van der Waals surface area contributed by atoms with Crippen LogP contribution in [0.2, 0.25) is 0 Å². The highest BCUT2D eigenvalue weighted by molar-refractivity contribution is 5.93. The van der Waals surface area contributed by atoms with Gasteiger partial charge in [-0.15, -0.1) is 0 Å². The number of carbonyl (C=O) groups excluding carboxylic acids is 1. The molecule has 0 aliphatic heterocycles. The lowest BCUT2D eigenvalue weighted by atomic mass is 10.1. The number of rotatable bonds is 8. The first kappa shape index (κ1) is 15.7. The van der Waals surface area contributed by atoms with Crippen LogP contribution < -0.4 is 0 Å². The summed E-state index contributed by atoms with van der Waals surface area (Å²) in [6.45, 7) is 7.13. The number of unbranched alkanes of at least 4 members (excludes halogenated alkanes) is 1. The zero-order valence-electron chi connectivity index (χ0n) is 10.9. The molecule has 0 aromatic carbocycles. The second-order valence-electron chi connectivity index (χ2n) is 3.70. The van der Waals surface area contributed by atoms with Gasteiger partial charge in [-0.05, 0) is 32.3 Å². The van der Waals surface area contributed by atoms with Crippen LogP contribution in [-0.4, -0.2) is 25.8 Å². The van der Waals surface area contributed by atoms with E-state index in [9.17, 15) is 4.79 Å². The third-order valence-electron chi connectivity index (χ3n) is 2.28. The third-order valence-corrected chi connectivity index (χ3v) is 2.28. The molecule has 0 atom stereocenters. The summed E-state index contributed by atoms with van der Waals surface area (Å²) in [7, 11) is 0.